The van der Waals surface area contributed by atoms with E-state index < -0.39 is 29.4 Å². The highest BCUT2D eigenvalue weighted by molar-refractivity contribution is 7.22. The predicted molar refractivity (Wildman–Crippen MR) is 579 cm³/mol. The molecule has 5 N–H and O–H groups in total. The van der Waals surface area contributed by atoms with Crippen molar-refractivity contribution >= 4 is 157 Å². The maximum Gasteiger partial charge on any atom is 0.358 e. The van der Waals surface area contributed by atoms with Crippen molar-refractivity contribution in [3.05, 3.63) is 249 Å². The lowest BCUT2D eigenvalue weighted by molar-refractivity contribution is -0.135. The van der Waals surface area contributed by atoms with Gasteiger partial charge in [0, 0.05) is 163 Å². The lowest BCUT2D eigenvalue weighted by Crippen LogP contribution is -2.48. The van der Waals surface area contributed by atoms with Crippen LogP contribution in [-0.2, 0) is 73.5 Å². The molecule has 6 fully saturated rings. The van der Waals surface area contributed by atoms with Crippen LogP contribution in [0.2, 0.25) is 0 Å². The van der Waals surface area contributed by atoms with Crippen molar-refractivity contribution in [2.45, 2.75) is 193 Å². The first-order chi connectivity index (χ1) is 72.5. The number of rotatable bonds is 24. The second-order valence-electron chi connectivity index (χ2n) is 41.7. The van der Waals surface area contributed by atoms with Crippen LogP contribution in [-0.4, -0.2) is 197 Å². The number of aryl methyl sites for hydroxylation is 2. The van der Waals surface area contributed by atoms with Crippen molar-refractivity contribution in [3.8, 4) is 33.8 Å². The summed E-state index contributed by atoms with van der Waals surface area (Å²) in [7, 11) is 3.75. The van der Waals surface area contributed by atoms with E-state index in [1.54, 1.807) is 4.68 Å². The molecule has 0 spiro atoms. The summed E-state index contributed by atoms with van der Waals surface area (Å²) in [6, 6.07) is 58.9. The number of thiazole rings is 2. The average molecular weight is 2060 g/mol. The molecule has 150 heavy (non-hydrogen) atoms. The number of carbonyl (C=O) groups is 10. The summed E-state index contributed by atoms with van der Waals surface area (Å²) in [6.07, 6.45) is 13.1. The molecular weight excluding hydrogens is 1930 g/mol. The first kappa shape index (κ1) is 101. The fourth-order valence-electron chi connectivity index (χ4n) is 22.8. The monoisotopic (exact) mass is 2050 g/mol. The number of benzene rings is 8. The van der Waals surface area contributed by atoms with Crippen LogP contribution in [0.3, 0.4) is 0 Å². The Kier molecular flexibility index (Phi) is 28.9. The van der Waals surface area contributed by atoms with Gasteiger partial charge >= 0.3 is 11.9 Å². The number of fused-ring (bicyclic) bond motifs is 6. The van der Waals surface area contributed by atoms with Crippen molar-refractivity contribution in [3.63, 3.8) is 0 Å². The normalized spacial score (nSPS) is 19.1. The number of anilines is 6. The summed E-state index contributed by atoms with van der Waals surface area (Å²) in [5.74, 6) is -0.140. The van der Waals surface area contributed by atoms with E-state index in [1.807, 2.05) is 220 Å². The van der Waals surface area contributed by atoms with Crippen molar-refractivity contribution < 1.29 is 67.3 Å². The van der Waals surface area contributed by atoms with Gasteiger partial charge in [0.15, 0.2) is 21.7 Å². The molecule has 6 aromatic heterocycles. The maximum absolute atomic E-state index is 14.1. The second kappa shape index (κ2) is 43.1. The van der Waals surface area contributed by atoms with Crippen LogP contribution in [0.1, 0.15) is 222 Å². The highest BCUT2D eigenvalue weighted by Gasteiger charge is 2.39. The molecule has 2 saturated carbocycles. The fourth-order valence-corrected chi connectivity index (χ4v) is 24.5. The minimum absolute atomic E-state index is 0.0122. The van der Waals surface area contributed by atoms with E-state index in [1.165, 1.54) is 22.7 Å². The van der Waals surface area contributed by atoms with Crippen LogP contribution in [0.25, 0.3) is 64.5 Å². The van der Waals surface area contributed by atoms with Gasteiger partial charge in [-0.2, -0.15) is 10.2 Å². The number of carboxylic acids is 1. The van der Waals surface area contributed by atoms with Gasteiger partial charge < -0.3 is 48.7 Å². The summed E-state index contributed by atoms with van der Waals surface area (Å²) in [6.45, 7) is 17.2. The van der Waals surface area contributed by atoms with Crippen LogP contribution in [0.15, 0.2) is 182 Å². The number of esters is 1. The highest BCUT2D eigenvalue weighted by atomic mass is 32.1. The Hall–Kier alpha value is -15.3. The van der Waals surface area contributed by atoms with Gasteiger partial charge in [0.05, 0.1) is 66.9 Å². The SMILES string of the molecule is Cc1c(OC2CCC(CCC(=O)N3CCN(c4ccc5c(C6CCC(=O)NC6=O)nn(C)c5c4)CC3)CC2)cccc1-c1ccc(N2CCc3cccc(C(=O)Nc4nc5ccccc5s4)c3C2)nc1C(=O)O.Cc1c(OC2CCC(CCC(=O)N3CCN(c4ccc5c(C6CCC(=O)NC6=O)nn(C)c5c4)CC3)CC2)cccc1-c1ccc(N2CCc3cccc(C(=O)Nc4nc5ccccc5s4)c3C2)nc1C(=O)OC(C)(C)C. The van der Waals surface area contributed by atoms with Crippen LogP contribution in [0.5, 0.6) is 11.5 Å². The fraction of sp³-hybridized carbons (Fsp3) is 0.379. The Labute approximate surface area is 876 Å². The van der Waals surface area contributed by atoms with Gasteiger partial charge in [-0.1, -0.05) is 95.5 Å². The van der Waals surface area contributed by atoms with Gasteiger partial charge in [-0.05, 0) is 290 Å². The minimum atomic E-state index is -1.13. The minimum Gasteiger partial charge on any atom is -0.490 e. The zero-order valence-electron chi connectivity index (χ0n) is 85.3. The number of carbonyl (C=O) groups excluding carboxylic acids is 9. The number of amides is 8. The zero-order chi connectivity index (χ0) is 104. The van der Waals surface area contributed by atoms with E-state index in [-0.39, 0.29) is 70.9 Å². The number of hydrogen-bond donors (Lipinski definition) is 5. The topological polar surface area (TPSA) is 373 Å². The molecule has 12 heterocycles. The van der Waals surface area contributed by atoms with Gasteiger partial charge in [-0.25, -0.2) is 29.5 Å². The number of carboxylic acid groups (broad SMARTS) is 1. The van der Waals surface area contributed by atoms with Crippen LogP contribution >= 0.6 is 22.7 Å². The predicted octanol–water partition coefficient (Wildman–Crippen LogP) is 18.6. The molecular formula is C116H122N18O14S2. The molecule has 8 aromatic carbocycles. The molecule has 22 rings (SSSR count). The number of imide groups is 2. The van der Waals surface area contributed by atoms with Crippen molar-refractivity contribution in [2.75, 3.05) is 95.7 Å². The summed E-state index contributed by atoms with van der Waals surface area (Å²) < 4.78 is 25.0. The molecule has 0 bridgehead atoms. The lowest BCUT2D eigenvalue weighted by Gasteiger charge is -2.36. The summed E-state index contributed by atoms with van der Waals surface area (Å²) in [5.41, 5.74) is 16.1. The highest BCUT2D eigenvalue weighted by Crippen LogP contribution is 2.44. The Balaban J connectivity index is 0.000000175. The third kappa shape index (κ3) is 21.7. The Morgan fingerprint density at radius 2 is 0.860 bits per heavy atom. The number of hydrogen-bond acceptors (Lipinski definition) is 25. The molecule has 14 aromatic rings. The largest absolute Gasteiger partial charge is 0.490 e. The standard InChI is InChI=1S/C60H65N9O7S.C56H57N9O7S/c1-36-41(42-23-25-51(62-55(42)58(74)76-60(2,3)4)69-29-28-38-10-8-12-43(46(38)35-69)56(72)64-59-61-47-13-6-7-15-50(47)77-59)11-9-14-49(36)75-40-20-16-37(17-21-40)18-27-53(71)68-32-30-67(31-33-68)39-19-22-44-48(34-39)66(5)65-54(44)45-24-26-52(70)63-57(45)73;1-33-38(39-20-22-48(58-52(39)55(70)71)65-26-25-35-7-5-9-40(43(35)32-65)53(68)60-56-57-44-10-3-4-12-47(44)73-56)8-6-11-46(33)72-37-17-13-34(14-18-37)15-24-50(67)64-29-27-63(28-30-64)36-16-19-41-45(31-36)62(2)61-51(41)42-21-23-49(66)59-54(42)69/h6-15,19,22-23,25,34,37,40,45H,16-18,20-21,24,26-33,35H2,1-5H3,(H,61,64,72)(H,63,70,73);3-12,16,19-20,22,31,34,37,42H,13-15,17-18,21,23-30,32H2,1-2H3,(H,70,71)(H,57,60,68)(H,59,66,69). The van der Waals surface area contributed by atoms with Gasteiger partial charge in [0.1, 0.15) is 28.7 Å². The maximum atomic E-state index is 14.1. The zero-order valence-corrected chi connectivity index (χ0v) is 87.0. The van der Waals surface area contributed by atoms with Crippen LogP contribution in [0, 0.1) is 25.7 Å². The van der Waals surface area contributed by atoms with Crippen LogP contribution < -0.4 is 50.3 Å². The van der Waals surface area contributed by atoms with Gasteiger partial charge in [0.2, 0.25) is 35.4 Å². The Morgan fingerprint density at radius 1 is 0.440 bits per heavy atom. The molecule has 8 aliphatic rings. The molecule has 34 heteroatoms. The number of ether oxygens (including phenoxy) is 3. The quantitative estimate of drug-likeness (QED) is 0.0277. The molecule has 4 saturated heterocycles. The van der Waals surface area contributed by atoms with E-state index in [4.69, 9.17) is 29.3 Å². The van der Waals surface area contributed by atoms with Crippen molar-refractivity contribution in [1.29, 1.82) is 0 Å². The molecule has 2 aliphatic carbocycles. The van der Waals surface area contributed by atoms with Crippen molar-refractivity contribution in [1.82, 2.24) is 59.9 Å². The number of aromatic carboxylic acids is 1. The number of pyridine rings is 2. The molecule has 2 atom stereocenters. The first-order valence-corrected chi connectivity index (χ1v) is 53.9. The average Bonchev–Trinajstić information content (AvgIpc) is 1.50. The third-order valence-corrected chi connectivity index (χ3v) is 32.9. The van der Waals surface area contributed by atoms with E-state index in [9.17, 15) is 53.1 Å². The Bertz CT molecular complexity index is 7570. The molecule has 6 aliphatic heterocycles. The molecule has 772 valence electrons. The number of nitrogens with zero attached hydrogens (tertiary/aromatic N) is 14. The third-order valence-electron chi connectivity index (χ3n) is 31.0. The van der Waals surface area contributed by atoms with Gasteiger partial charge in [-0.3, -0.25) is 69.0 Å². The van der Waals surface area contributed by atoms with E-state index >= 15 is 0 Å². The smallest absolute Gasteiger partial charge is 0.358 e. The van der Waals surface area contributed by atoms with E-state index in [0.717, 1.165) is 200 Å². The van der Waals surface area contributed by atoms with E-state index in [2.05, 4.69) is 81.4 Å². The summed E-state index contributed by atoms with van der Waals surface area (Å²) >= 11 is 2.87. The lowest BCUT2D eigenvalue weighted by atomic mass is 9.84. The summed E-state index contributed by atoms with van der Waals surface area (Å²) in [4.78, 5) is 162. The second-order valence-corrected chi connectivity index (χ2v) is 43.7. The summed E-state index contributed by atoms with van der Waals surface area (Å²) in [5, 5.41) is 33.8. The Morgan fingerprint density at radius 3 is 1.28 bits per heavy atom. The van der Waals surface area contributed by atoms with Gasteiger partial charge in [0.25, 0.3) is 11.8 Å². The number of piperazine rings is 2. The first-order valence-electron chi connectivity index (χ1n) is 52.3. The molecule has 0 radical (unpaired) electrons. The van der Waals surface area contributed by atoms with Gasteiger partial charge in [-0.15, -0.1) is 0 Å². The van der Waals surface area contributed by atoms with E-state index in [0.29, 0.717) is 171 Å². The number of nitrogens with one attached hydrogen (secondary N) is 4. The molecule has 32 nitrogen and oxygen atoms in total. The van der Waals surface area contributed by atoms with Crippen LogP contribution in [0.4, 0.5) is 33.3 Å². The molecule has 2 unspecified atom stereocenters. The molecule has 8 amide bonds. The van der Waals surface area contributed by atoms with Crippen molar-refractivity contribution in [2.24, 2.45) is 25.9 Å². The number of piperidine rings is 2. The number of para-hydroxylation sites is 2. The number of aromatic nitrogens is 8.